The van der Waals surface area contributed by atoms with Crippen LogP contribution in [0.5, 0.6) is 6.01 Å². The molecule has 1 aliphatic carbocycles. The number of pyridine rings is 1. The van der Waals surface area contributed by atoms with E-state index in [-0.39, 0.29) is 24.3 Å². The van der Waals surface area contributed by atoms with Gasteiger partial charge in [0.25, 0.3) is 5.91 Å². The molecule has 1 amide bonds. The Morgan fingerprint density at radius 1 is 1.00 bits per heavy atom. The largest absolute Gasteiger partial charge is 0.481 e. The maximum Gasteiger partial charge on any atom is 0.316 e. The van der Waals surface area contributed by atoms with Crippen molar-refractivity contribution in [2.45, 2.75) is 51.6 Å². The molecule has 0 spiro atoms. The molecule has 0 unspecified atom stereocenters. The lowest BCUT2D eigenvalue weighted by Crippen LogP contribution is -2.25. The number of nitrogens with one attached hydrogen (secondary N) is 1. The van der Waals surface area contributed by atoms with Gasteiger partial charge in [0.2, 0.25) is 0 Å². The van der Waals surface area contributed by atoms with Gasteiger partial charge in [0, 0.05) is 42.5 Å². The van der Waals surface area contributed by atoms with E-state index in [1.807, 2.05) is 49.4 Å². The SMILES string of the molecule is CCc1nn(-c2ccccn2)cc1C(=O)Nc1ccc(-c2cnc(OC3CCC(CC(=O)O)CC3)nc2)cc1. The first-order chi connectivity index (χ1) is 19.0. The summed E-state index contributed by atoms with van der Waals surface area (Å²) >= 11 is 0. The second kappa shape index (κ2) is 11.8. The van der Waals surface area contributed by atoms with E-state index in [0.717, 1.165) is 36.8 Å². The molecule has 3 heterocycles. The van der Waals surface area contributed by atoms with E-state index >= 15 is 0 Å². The fourth-order valence-electron chi connectivity index (χ4n) is 4.79. The molecule has 1 aliphatic rings. The van der Waals surface area contributed by atoms with Crippen molar-refractivity contribution in [1.82, 2.24) is 24.7 Å². The smallest absolute Gasteiger partial charge is 0.316 e. The van der Waals surface area contributed by atoms with E-state index in [2.05, 4.69) is 25.4 Å². The molecule has 10 nitrogen and oxygen atoms in total. The summed E-state index contributed by atoms with van der Waals surface area (Å²) in [6, 6.07) is 13.3. The first-order valence-electron chi connectivity index (χ1n) is 13.1. The van der Waals surface area contributed by atoms with Crippen molar-refractivity contribution in [2.24, 2.45) is 5.92 Å². The van der Waals surface area contributed by atoms with E-state index in [0.29, 0.717) is 35.2 Å². The van der Waals surface area contributed by atoms with Crippen molar-refractivity contribution < 1.29 is 19.4 Å². The zero-order valence-corrected chi connectivity index (χ0v) is 21.7. The molecule has 200 valence electrons. The number of aliphatic carboxylic acids is 1. The highest BCUT2D eigenvalue weighted by molar-refractivity contribution is 6.05. The third-order valence-corrected chi connectivity index (χ3v) is 6.89. The number of hydrogen-bond donors (Lipinski definition) is 2. The average molecular weight is 527 g/mol. The first kappa shape index (κ1) is 26.0. The number of carboxylic acid groups (broad SMARTS) is 1. The molecule has 0 bridgehead atoms. The van der Waals surface area contributed by atoms with Gasteiger partial charge < -0.3 is 15.2 Å². The second-order valence-electron chi connectivity index (χ2n) is 9.62. The Morgan fingerprint density at radius 2 is 1.74 bits per heavy atom. The third kappa shape index (κ3) is 6.46. The van der Waals surface area contributed by atoms with Gasteiger partial charge in [0.15, 0.2) is 5.82 Å². The molecule has 0 radical (unpaired) electrons. The quantitative estimate of drug-likeness (QED) is 0.313. The van der Waals surface area contributed by atoms with Crippen molar-refractivity contribution in [3.8, 4) is 23.0 Å². The number of nitrogens with zero attached hydrogens (tertiary/aromatic N) is 5. The number of carboxylic acids is 1. The molecule has 1 aromatic carbocycles. The molecule has 1 saturated carbocycles. The lowest BCUT2D eigenvalue weighted by molar-refractivity contribution is -0.138. The molecule has 39 heavy (non-hydrogen) atoms. The minimum atomic E-state index is -0.743. The van der Waals surface area contributed by atoms with Crippen molar-refractivity contribution in [2.75, 3.05) is 5.32 Å². The Hall–Kier alpha value is -4.60. The summed E-state index contributed by atoms with van der Waals surface area (Å²) in [6.45, 7) is 1.96. The number of hydrogen-bond acceptors (Lipinski definition) is 7. The minimum Gasteiger partial charge on any atom is -0.481 e. The predicted molar refractivity (Wildman–Crippen MR) is 145 cm³/mol. The standard InChI is InChI=1S/C29H30N6O4/c1-2-25-24(18-35(34-25)26-5-3-4-14-30-26)28(38)33-22-10-8-20(9-11-22)21-16-31-29(32-17-21)39-23-12-6-19(7-13-23)15-27(36)37/h3-5,8-11,14,16-19,23H,2,6-7,12-13,15H2,1H3,(H,33,38)(H,36,37). The number of benzene rings is 1. The van der Waals surface area contributed by atoms with E-state index in [1.54, 1.807) is 29.5 Å². The molecule has 10 heteroatoms. The minimum absolute atomic E-state index is 0.00748. The van der Waals surface area contributed by atoms with Gasteiger partial charge in [-0.2, -0.15) is 5.10 Å². The molecule has 0 saturated heterocycles. The zero-order valence-electron chi connectivity index (χ0n) is 21.7. The first-order valence-corrected chi connectivity index (χ1v) is 13.1. The monoisotopic (exact) mass is 526 g/mol. The van der Waals surface area contributed by atoms with Crippen LogP contribution in [0.4, 0.5) is 5.69 Å². The number of rotatable bonds is 9. The highest BCUT2D eigenvalue weighted by Gasteiger charge is 2.24. The van der Waals surface area contributed by atoms with E-state index in [4.69, 9.17) is 9.84 Å². The molecule has 0 atom stereocenters. The van der Waals surface area contributed by atoms with Crippen LogP contribution in [-0.4, -0.2) is 47.8 Å². The Labute approximate surface area is 226 Å². The molecule has 0 aliphatic heterocycles. The number of aromatic nitrogens is 5. The number of ether oxygens (including phenoxy) is 1. The van der Waals surface area contributed by atoms with Crippen molar-refractivity contribution >= 4 is 17.6 Å². The Balaban J connectivity index is 1.18. The van der Waals surface area contributed by atoms with Gasteiger partial charge in [0.1, 0.15) is 6.10 Å². The van der Waals surface area contributed by atoms with Gasteiger partial charge in [0.05, 0.1) is 11.3 Å². The highest BCUT2D eigenvalue weighted by Crippen LogP contribution is 2.29. The number of aryl methyl sites for hydroxylation is 1. The fraction of sp³-hybridized carbons (Fsp3) is 0.310. The van der Waals surface area contributed by atoms with Gasteiger partial charge in [-0.1, -0.05) is 25.1 Å². The lowest BCUT2D eigenvalue weighted by Gasteiger charge is -2.27. The van der Waals surface area contributed by atoms with Crippen LogP contribution in [0.3, 0.4) is 0 Å². The molecular weight excluding hydrogens is 496 g/mol. The van der Waals surface area contributed by atoms with E-state index < -0.39 is 5.97 Å². The number of carbonyl (C=O) groups excluding carboxylic acids is 1. The summed E-state index contributed by atoms with van der Waals surface area (Å²) in [6.07, 6.45) is 10.9. The predicted octanol–water partition coefficient (Wildman–Crippen LogP) is 4.95. The molecule has 4 aromatic rings. The van der Waals surface area contributed by atoms with Crippen molar-refractivity contribution in [3.63, 3.8) is 0 Å². The topological polar surface area (TPSA) is 132 Å². The van der Waals surface area contributed by atoms with Gasteiger partial charge in [-0.3, -0.25) is 9.59 Å². The Morgan fingerprint density at radius 3 is 2.38 bits per heavy atom. The maximum absolute atomic E-state index is 13.0. The van der Waals surface area contributed by atoms with Gasteiger partial charge >= 0.3 is 12.0 Å². The number of anilines is 1. The average Bonchev–Trinajstić information content (AvgIpc) is 3.40. The van der Waals surface area contributed by atoms with Crippen LogP contribution >= 0.6 is 0 Å². The van der Waals surface area contributed by atoms with Crippen molar-refractivity contribution in [1.29, 1.82) is 0 Å². The lowest BCUT2D eigenvalue weighted by atomic mass is 9.85. The van der Waals surface area contributed by atoms with Crippen LogP contribution in [0.1, 0.15) is 55.1 Å². The zero-order chi connectivity index (χ0) is 27.2. The molecule has 5 rings (SSSR count). The summed E-state index contributed by atoms with van der Waals surface area (Å²) in [5.74, 6) is -0.106. The summed E-state index contributed by atoms with van der Waals surface area (Å²) < 4.78 is 7.54. The summed E-state index contributed by atoms with van der Waals surface area (Å²) in [4.78, 5) is 36.9. The van der Waals surface area contributed by atoms with Crippen LogP contribution in [0, 0.1) is 5.92 Å². The Bertz CT molecular complexity index is 1410. The summed E-state index contributed by atoms with van der Waals surface area (Å²) in [5.41, 5.74) is 3.60. The molecule has 3 aromatic heterocycles. The Kier molecular flexibility index (Phi) is 7.91. The van der Waals surface area contributed by atoms with Gasteiger partial charge in [-0.15, -0.1) is 0 Å². The fourth-order valence-corrected chi connectivity index (χ4v) is 4.79. The maximum atomic E-state index is 13.0. The van der Waals surface area contributed by atoms with Crippen LogP contribution in [0.2, 0.25) is 0 Å². The normalized spacial score (nSPS) is 16.9. The summed E-state index contributed by atoms with van der Waals surface area (Å²) in [5, 5.41) is 16.4. The van der Waals surface area contributed by atoms with Crippen LogP contribution in [0.25, 0.3) is 16.9 Å². The molecular formula is C29H30N6O4. The van der Waals surface area contributed by atoms with E-state index in [9.17, 15) is 9.59 Å². The number of amides is 1. The summed E-state index contributed by atoms with van der Waals surface area (Å²) in [7, 11) is 0. The van der Waals surface area contributed by atoms with Gasteiger partial charge in [-0.05, 0) is 67.9 Å². The van der Waals surface area contributed by atoms with E-state index in [1.165, 1.54) is 0 Å². The third-order valence-electron chi connectivity index (χ3n) is 6.89. The van der Waals surface area contributed by atoms with Crippen LogP contribution < -0.4 is 10.1 Å². The van der Waals surface area contributed by atoms with Crippen LogP contribution in [0.15, 0.2) is 67.3 Å². The number of carbonyl (C=O) groups is 2. The van der Waals surface area contributed by atoms with Gasteiger partial charge in [-0.25, -0.2) is 19.6 Å². The van der Waals surface area contributed by atoms with Crippen molar-refractivity contribution in [3.05, 3.63) is 78.5 Å². The molecule has 1 fully saturated rings. The highest BCUT2D eigenvalue weighted by atomic mass is 16.5. The van der Waals surface area contributed by atoms with Crippen LogP contribution in [-0.2, 0) is 11.2 Å². The molecule has 2 N–H and O–H groups in total. The second-order valence-corrected chi connectivity index (χ2v) is 9.62.